The molecule has 0 aliphatic carbocycles. The monoisotopic (exact) mass is 351 g/mol. The van der Waals surface area contributed by atoms with Crippen molar-refractivity contribution in [3.63, 3.8) is 0 Å². The van der Waals surface area contributed by atoms with Gasteiger partial charge in [-0.25, -0.2) is 0 Å². The van der Waals surface area contributed by atoms with E-state index < -0.39 is 5.09 Å². The molecule has 0 radical (unpaired) electrons. The van der Waals surface area contributed by atoms with Gasteiger partial charge in [0.05, 0.1) is 17.7 Å². The zero-order chi connectivity index (χ0) is 18.4. The van der Waals surface area contributed by atoms with Crippen LogP contribution in [-0.2, 0) is 4.84 Å². The molecule has 1 aliphatic rings. The molecule has 2 rings (SSSR count). The lowest BCUT2D eigenvalue weighted by atomic mass is 10.1. The van der Waals surface area contributed by atoms with Gasteiger partial charge in [0.15, 0.2) is 0 Å². The third-order valence-electron chi connectivity index (χ3n) is 3.72. The second-order valence-electron chi connectivity index (χ2n) is 5.89. The lowest BCUT2D eigenvalue weighted by Gasteiger charge is -2.13. The average molecular weight is 351 g/mol. The van der Waals surface area contributed by atoms with Crippen molar-refractivity contribution in [3.8, 4) is 5.75 Å². The van der Waals surface area contributed by atoms with Gasteiger partial charge in [-0.2, -0.15) is 0 Å². The SMILES string of the molecule is CN(C)CCOc1ccc2c(c1)C(=O)N(CCCCO[N+](=O)[O-])C2=O. The predicted octanol–water partition coefficient (Wildman–Crippen LogP) is 1.21. The zero-order valence-corrected chi connectivity index (χ0v) is 14.3. The van der Waals surface area contributed by atoms with Crippen molar-refractivity contribution >= 4 is 11.8 Å². The Morgan fingerprint density at radius 3 is 2.52 bits per heavy atom. The molecule has 0 saturated heterocycles. The minimum atomic E-state index is -0.861. The molecule has 0 N–H and O–H groups in total. The second kappa shape index (κ2) is 8.43. The van der Waals surface area contributed by atoms with Crippen molar-refractivity contribution in [2.75, 3.05) is 40.4 Å². The molecule has 2 amide bonds. The molecule has 9 heteroatoms. The highest BCUT2D eigenvalue weighted by molar-refractivity contribution is 6.21. The minimum Gasteiger partial charge on any atom is -0.492 e. The number of carbonyl (C=O) groups is 2. The number of hydrogen-bond acceptors (Lipinski definition) is 7. The van der Waals surface area contributed by atoms with Gasteiger partial charge in [0, 0.05) is 13.1 Å². The first-order valence-corrected chi connectivity index (χ1v) is 7.95. The first-order chi connectivity index (χ1) is 11.9. The Morgan fingerprint density at radius 2 is 1.84 bits per heavy atom. The van der Waals surface area contributed by atoms with E-state index in [-0.39, 0.29) is 25.0 Å². The van der Waals surface area contributed by atoms with Gasteiger partial charge < -0.3 is 14.5 Å². The Balaban J connectivity index is 1.92. The van der Waals surface area contributed by atoms with Crippen molar-refractivity contribution in [1.82, 2.24) is 9.80 Å². The molecule has 0 unspecified atom stereocenters. The number of ether oxygens (including phenoxy) is 1. The summed E-state index contributed by atoms with van der Waals surface area (Å²) < 4.78 is 5.59. The summed E-state index contributed by atoms with van der Waals surface area (Å²) in [6.45, 7) is 1.36. The molecule has 9 nitrogen and oxygen atoms in total. The van der Waals surface area contributed by atoms with Crippen LogP contribution in [0.15, 0.2) is 18.2 Å². The molecule has 25 heavy (non-hydrogen) atoms. The van der Waals surface area contributed by atoms with E-state index in [2.05, 4.69) is 4.84 Å². The lowest BCUT2D eigenvalue weighted by molar-refractivity contribution is -0.757. The quantitative estimate of drug-likeness (QED) is 0.270. The van der Waals surface area contributed by atoms with Crippen LogP contribution < -0.4 is 4.74 Å². The molecule has 0 aromatic heterocycles. The van der Waals surface area contributed by atoms with E-state index in [1.54, 1.807) is 18.2 Å². The maximum absolute atomic E-state index is 12.4. The number of amides is 2. The van der Waals surface area contributed by atoms with E-state index in [4.69, 9.17) is 4.74 Å². The van der Waals surface area contributed by atoms with Crippen LogP contribution in [0, 0.1) is 10.1 Å². The van der Waals surface area contributed by atoms with Gasteiger partial charge in [-0.05, 0) is 45.1 Å². The molecule has 136 valence electrons. The fraction of sp³-hybridized carbons (Fsp3) is 0.500. The molecule has 0 bridgehead atoms. The first-order valence-electron chi connectivity index (χ1n) is 7.95. The predicted molar refractivity (Wildman–Crippen MR) is 88.0 cm³/mol. The van der Waals surface area contributed by atoms with Crippen LogP contribution in [0.2, 0.25) is 0 Å². The highest BCUT2D eigenvalue weighted by atomic mass is 16.9. The summed E-state index contributed by atoms with van der Waals surface area (Å²) in [5, 5.41) is 9.20. The van der Waals surface area contributed by atoms with E-state index in [1.165, 1.54) is 0 Å². The van der Waals surface area contributed by atoms with E-state index in [0.717, 1.165) is 11.4 Å². The van der Waals surface area contributed by atoms with E-state index in [0.29, 0.717) is 36.3 Å². The smallest absolute Gasteiger partial charge is 0.294 e. The van der Waals surface area contributed by atoms with Crippen LogP contribution in [0.25, 0.3) is 0 Å². The van der Waals surface area contributed by atoms with Crippen LogP contribution >= 0.6 is 0 Å². The van der Waals surface area contributed by atoms with Gasteiger partial charge in [0.2, 0.25) is 0 Å². The number of nitrogens with zero attached hydrogens (tertiary/aromatic N) is 3. The van der Waals surface area contributed by atoms with Crippen molar-refractivity contribution in [2.45, 2.75) is 12.8 Å². The highest BCUT2D eigenvalue weighted by Crippen LogP contribution is 2.27. The maximum Gasteiger partial charge on any atom is 0.294 e. The fourth-order valence-corrected chi connectivity index (χ4v) is 2.42. The fourth-order valence-electron chi connectivity index (χ4n) is 2.42. The highest BCUT2D eigenvalue weighted by Gasteiger charge is 2.35. The van der Waals surface area contributed by atoms with Gasteiger partial charge >= 0.3 is 0 Å². The number of imide groups is 1. The molecule has 1 aliphatic heterocycles. The Kier molecular flexibility index (Phi) is 6.29. The molecule has 1 aromatic rings. The van der Waals surface area contributed by atoms with Crippen LogP contribution in [0.1, 0.15) is 33.6 Å². The molecule has 0 fully saturated rings. The molecule has 0 spiro atoms. The third kappa shape index (κ3) is 4.90. The lowest BCUT2D eigenvalue weighted by Crippen LogP contribution is -2.30. The van der Waals surface area contributed by atoms with Crippen molar-refractivity contribution in [3.05, 3.63) is 39.4 Å². The number of carbonyl (C=O) groups excluding carboxylic acids is 2. The summed E-state index contributed by atoms with van der Waals surface area (Å²) in [6.07, 6.45) is 0.818. The standard InChI is InChI=1S/C16H21N3O6/c1-17(2)8-10-24-12-5-6-13-14(11-12)16(21)18(15(13)20)7-3-4-9-25-19(22)23/h5-6,11H,3-4,7-10H2,1-2H3. The maximum atomic E-state index is 12.4. The number of benzene rings is 1. The number of rotatable bonds is 10. The molecule has 0 atom stereocenters. The Bertz CT molecular complexity index is 661. The number of hydrogen-bond donors (Lipinski definition) is 0. The summed E-state index contributed by atoms with van der Waals surface area (Å²) in [5.41, 5.74) is 0.681. The topological polar surface area (TPSA) is 102 Å². The van der Waals surface area contributed by atoms with E-state index >= 15 is 0 Å². The largest absolute Gasteiger partial charge is 0.492 e. The molecule has 1 heterocycles. The Labute approximate surface area is 145 Å². The van der Waals surface area contributed by atoms with Gasteiger partial charge in [-0.3, -0.25) is 14.5 Å². The molecule has 1 aromatic carbocycles. The molecular formula is C16H21N3O6. The first kappa shape index (κ1) is 18.7. The molecule has 0 saturated carbocycles. The summed E-state index contributed by atoms with van der Waals surface area (Å²) in [7, 11) is 3.87. The van der Waals surface area contributed by atoms with Crippen LogP contribution in [0.3, 0.4) is 0 Å². The van der Waals surface area contributed by atoms with Crippen molar-refractivity contribution in [2.24, 2.45) is 0 Å². The van der Waals surface area contributed by atoms with E-state index in [1.807, 2.05) is 19.0 Å². The number of likely N-dealkylation sites (N-methyl/N-ethyl adjacent to an activating group) is 1. The van der Waals surface area contributed by atoms with Gasteiger partial charge in [-0.15, -0.1) is 10.1 Å². The molecular weight excluding hydrogens is 330 g/mol. The van der Waals surface area contributed by atoms with Crippen LogP contribution in [-0.4, -0.2) is 67.1 Å². The second-order valence-corrected chi connectivity index (χ2v) is 5.89. The summed E-state index contributed by atoms with van der Waals surface area (Å²) >= 11 is 0. The van der Waals surface area contributed by atoms with Crippen LogP contribution in [0.5, 0.6) is 5.75 Å². The summed E-state index contributed by atoms with van der Waals surface area (Å²) in [5.74, 6) is -0.175. The van der Waals surface area contributed by atoms with Crippen molar-refractivity contribution in [1.29, 1.82) is 0 Å². The van der Waals surface area contributed by atoms with Gasteiger partial charge in [-0.1, -0.05) is 0 Å². The van der Waals surface area contributed by atoms with Crippen molar-refractivity contribution < 1.29 is 24.3 Å². The van der Waals surface area contributed by atoms with Crippen LogP contribution in [0.4, 0.5) is 0 Å². The Morgan fingerprint density at radius 1 is 1.12 bits per heavy atom. The number of fused-ring (bicyclic) bond motifs is 1. The minimum absolute atomic E-state index is 0.0555. The van der Waals surface area contributed by atoms with E-state index in [9.17, 15) is 19.7 Å². The average Bonchev–Trinajstić information content (AvgIpc) is 2.78. The normalized spacial score (nSPS) is 13.3. The Hall–Kier alpha value is -2.68. The summed E-state index contributed by atoms with van der Waals surface area (Å²) in [6, 6.07) is 4.85. The number of unbranched alkanes of at least 4 members (excludes halogenated alkanes) is 1. The van der Waals surface area contributed by atoms with Gasteiger partial charge in [0.25, 0.3) is 16.9 Å². The zero-order valence-electron chi connectivity index (χ0n) is 14.3. The van der Waals surface area contributed by atoms with Gasteiger partial charge in [0.1, 0.15) is 12.4 Å². The summed E-state index contributed by atoms with van der Waals surface area (Å²) in [4.78, 5) is 42.1. The third-order valence-corrected chi connectivity index (χ3v) is 3.72.